The predicted molar refractivity (Wildman–Crippen MR) is 176 cm³/mol. The van der Waals surface area contributed by atoms with Gasteiger partial charge in [0.05, 0.1) is 41.8 Å². The van der Waals surface area contributed by atoms with E-state index in [1.807, 2.05) is 6.07 Å². The van der Waals surface area contributed by atoms with Crippen molar-refractivity contribution in [1.29, 1.82) is 10.5 Å². The third-order valence-corrected chi connectivity index (χ3v) is 10.6. The van der Waals surface area contributed by atoms with Crippen LogP contribution in [0.4, 0.5) is 24.5 Å². The number of aryl methyl sites for hydroxylation is 1. The lowest BCUT2D eigenvalue weighted by molar-refractivity contribution is -0.138. The van der Waals surface area contributed by atoms with E-state index in [0.29, 0.717) is 57.0 Å². The molecule has 2 aliphatic carbocycles. The van der Waals surface area contributed by atoms with Crippen LogP contribution in [0.1, 0.15) is 71.1 Å². The Morgan fingerprint density at radius 2 is 1.80 bits per heavy atom. The highest BCUT2D eigenvalue weighted by molar-refractivity contribution is 6.11. The minimum absolute atomic E-state index is 0.0318. The first-order chi connectivity index (χ1) is 23.5. The monoisotopic (exact) mass is 662 g/mol. The van der Waals surface area contributed by atoms with Crippen molar-refractivity contribution in [2.75, 3.05) is 23.3 Å². The number of alkyl halides is 3. The van der Waals surface area contributed by atoms with Gasteiger partial charge in [0.25, 0.3) is 5.91 Å². The summed E-state index contributed by atoms with van der Waals surface area (Å²) < 4.78 is 45.6. The first-order valence-corrected chi connectivity index (χ1v) is 16.5. The van der Waals surface area contributed by atoms with Crippen molar-refractivity contribution in [3.8, 4) is 34.7 Å². The number of hydrogen-bond acceptors (Lipinski definition) is 7. The van der Waals surface area contributed by atoms with Crippen LogP contribution in [0.2, 0.25) is 0 Å². The van der Waals surface area contributed by atoms with Crippen molar-refractivity contribution in [1.82, 2.24) is 19.7 Å². The van der Waals surface area contributed by atoms with E-state index >= 15 is 0 Å². The molecule has 1 spiro atoms. The number of likely N-dealkylation sites (tertiary alicyclic amines) is 1. The number of rotatable bonds is 8. The fraction of sp³-hybridized carbons (Fsp3) is 0.378. The fourth-order valence-corrected chi connectivity index (χ4v) is 7.55. The number of nitrogens with one attached hydrogen (secondary N) is 1. The number of nitrogens with zero attached hydrogens (tertiary/aromatic N) is 7. The molecule has 248 valence electrons. The molecule has 1 amide bonds. The minimum atomic E-state index is -4.63. The van der Waals surface area contributed by atoms with Gasteiger partial charge in [0, 0.05) is 42.6 Å². The topological polar surface area (TPSA) is 114 Å². The number of fused-ring (bicyclic) bond motifs is 1. The molecule has 0 atom stereocenters. The van der Waals surface area contributed by atoms with Crippen molar-refractivity contribution in [2.45, 2.75) is 63.3 Å². The second kappa shape index (κ2) is 11.2. The summed E-state index contributed by atoms with van der Waals surface area (Å²) in [6.45, 7) is 1.86. The molecule has 4 aliphatic rings. The van der Waals surface area contributed by atoms with E-state index in [4.69, 9.17) is 0 Å². The molecule has 4 aromatic rings. The van der Waals surface area contributed by atoms with Crippen LogP contribution in [0.25, 0.3) is 22.5 Å². The molecule has 1 aromatic heterocycles. The van der Waals surface area contributed by atoms with Gasteiger partial charge >= 0.3 is 6.18 Å². The van der Waals surface area contributed by atoms with Gasteiger partial charge in [-0.15, -0.1) is 10.2 Å². The second-order valence-electron chi connectivity index (χ2n) is 14.2. The van der Waals surface area contributed by atoms with E-state index in [2.05, 4.69) is 32.6 Å². The first-order valence-electron chi connectivity index (χ1n) is 16.5. The van der Waals surface area contributed by atoms with E-state index in [1.54, 1.807) is 54.3 Å². The van der Waals surface area contributed by atoms with Crippen molar-refractivity contribution in [2.24, 2.45) is 12.5 Å². The number of anilines is 2. The number of amides is 1. The number of hydrogen-bond donors (Lipinski definition) is 1. The van der Waals surface area contributed by atoms with Gasteiger partial charge in [0.2, 0.25) is 0 Å². The summed E-state index contributed by atoms with van der Waals surface area (Å²) in [4.78, 5) is 17.8. The Balaban J connectivity index is 1.22. The van der Waals surface area contributed by atoms with Crippen molar-refractivity contribution in [3.63, 3.8) is 0 Å². The zero-order valence-electron chi connectivity index (χ0n) is 26.9. The molecular weight excluding hydrogens is 629 g/mol. The van der Waals surface area contributed by atoms with Crippen molar-refractivity contribution < 1.29 is 18.0 Å². The molecule has 49 heavy (non-hydrogen) atoms. The highest BCUT2D eigenvalue weighted by Gasteiger charge is 2.48. The number of carbonyl (C=O) groups is 1. The average Bonchev–Trinajstić information content (AvgIpc) is 3.87. The Morgan fingerprint density at radius 3 is 2.45 bits per heavy atom. The van der Waals surface area contributed by atoms with E-state index in [0.717, 1.165) is 32.4 Å². The lowest BCUT2D eigenvalue weighted by Crippen LogP contribution is -2.24. The molecule has 12 heteroatoms. The number of nitriles is 2. The molecule has 3 heterocycles. The molecule has 2 saturated carbocycles. The molecule has 1 saturated heterocycles. The van der Waals surface area contributed by atoms with Gasteiger partial charge in [-0.2, -0.15) is 23.7 Å². The van der Waals surface area contributed by atoms with Crippen LogP contribution < -0.4 is 10.2 Å². The molecule has 2 aliphatic heterocycles. The number of carbonyl (C=O) groups excluding carboxylic acids is 1. The molecule has 0 unspecified atom stereocenters. The van der Waals surface area contributed by atoms with Gasteiger partial charge in [0.15, 0.2) is 5.82 Å². The van der Waals surface area contributed by atoms with Crippen LogP contribution in [0.15, 0.2) is 54.9 Å². The van der Waals surface area contributed by atoms with Gasteiger partial charge < -0.3 is 14.8 Å². The number of benzene rings is 3. The lowest BCUT2D eigenvalue weighted by atomic mass is 9.95. The van der Waals surface area contributed by atoms with Gasteiger partial charge in [-0.25, -0.2) is 0 Å². The van der Waals surface area contributed by atoms with Gasteiger partial charge in [0.1, 0.15) is 6.33 Å². The molecule has 9 nitrogen and oxygen atoms in total. The Labute approximate surface area is 281 Å². The van der Waals surface area contributed by atoms with Crippen LogP contribution in [0.3, 0.4) is 0 Å². The molecule has 1 N–H and O–H groups in total. The number of halogens is 3. The first kappa shape index (κ1) is 31.1. The summed E-state index contributed by atoms with van der Waals surface area (Å²) in [6.07, 6.45) is 2.20. The summed E-state index contributed by atoms with van der Waals surface area (Å²) in [6, 6.07) is 17.9. The van der Waals surface area contributed by atoms with Crippen LogP contribution in [-0.2, 0) is 26.3 Å². The summed E-state index contributed by atoms with van der Waals surface area (Å²) in [5.74, 6) is 0.0585. The normalized spacial score (nSPS) is 18.7. The van der Waals surface area contributed by atoms with E-state index in [9.17, 15) is 28.5 Å². The Morgan fingerprint density at radius 1 is 0.980 bits per heavy atom. The van der Waals surface area contributed by atoms with Crippen LogP contribution in [0.5, 0.6) is 0 Å². The molecule has 0 radical (unpaired) electrons. The maximum atomic E-state index is 14.6. The number of aromatic nitrogens is 3. The van der Waals surface area contributed by atoms with Crippen molar-refractivity contribution >= 4 is 17.3 Å². The quantitative estimate of drug-likeness (QED) is 0.215. The lowest BCUT2D eigenvalue weighted by Gasteiger charge is -2.22. The fourth-order valence-electron chi connectivity index (χ4n) is 7.55. The second-order valence-corrected chi connectivity index (χ2v) is 14.2. The highest BCUT2D eigenvalue weighted by Crippen LogP contribution is 2.53. The van der Waals surface area contributed by atoms with Crippen LogP contribution >= 0.6 is 0 Å². The van der Waals surface area contributed by atoms with E-state index in [1.165, 1.54) is 23.8 Å². The highest BCUT2D eigenvalue weighted by atomic mass is 19.4. The SMILES string of the molecule is Cn1cnnc1-c1ccc(C#N)cc1-c1cc(NC2(CC#N)CC2)cc(N2Cc3c(cc(CN4CCC5(CC5)C4)cc3C(F)(F)F)C2=O)c1. The molecule has 8 rings (SSSR count). The van der Waals surface area contributed by atoms with E-state index < -0.39 is 23.2 Å². The smallest absolute Gasteiger partial charge is 0.378 e. The summed E-state index contributed by atoms with van der Waals surface area (Å²) in [7, 11) is 1.81. The zero-order chi connectivity index (χ0) is 34.1. The maximum absolute atomic E-state index is 14.6. The third-order valence-electron chi connectivity index (χ3n) is 10.6. The Kier molecular flexibility index (Phi) is 7.09. The third kappa shape index (κ3) is 5.70. The summed E-state index contributed by atoms with van der Waals surface area (Å²) in [5, 5.41) is 31.1. The summed E-state index contributed by atoms with van der Waals surface area (Å²) in [5.41, 5.74) is 3.06. The van der Waals surface area contributed by atoms with Crippen LogP contribution in [0, 0.1) is 28.1 Å². The Bertz CT molecular complexity index is 2100. The average molecular weight is 663 g/mol. The van der Waals surface area contributed by atoms with Gasteiger partial charge in [-0.3, -0.25) is 9.69 Å². The summed E-state index contributed by atoms with van der Waals surface area (Å²) >= 11 is 0. The zero-order valence-corrected chi connectivity index (χ0v) is 26.9. The molecular formula is C37H33F3N8O. The Hall–Kier alpha value is -5.20. The standard InChI is InChI=1S/C37H33F3N8O/c1-46-22-43-45-33(46)28-3-2-23(18-42)12-29(28)25-15-26(44-36(6-7-36)8-10-41)17-27(16-25)48-20-31-30(34(48)49)13-24(14-32(31)37(38,39)40)19-47-11-9-35(21-47)4-5-35/h2-3,12-17,22,44H,4-9,11,19-21H2,1H3. The minimum Gasteiger partial charge on any atom is -0.378 e. The van der Waals surface area contributed by atoms with Gasteiger partial charge in [-0.05, 0) is 115 Å². The maximum Gasteiger partial charge on any atom is 0.416 e. The predicted octanol–water partition coefficient (Wildman–Crippen LogP) is 7.04. The molecule has 3 aromatic carbocycles. The largest absolute Gasteiger partial charge is 0.416 e. The van der Waals surface area contributed by atoms with Crippen molar-refractivity contribution in [3.05, 3.63) is 82.7 Å². The van der Waals surface area contributed by atoms with Gasteiger partial charge in [-0.1, -0.05) is 0 Å². The molecule has 3 fully saturated rings. The van der Waals surface area contributed by atoms with Crippen LogP contribution in [-0.4, -0.2) is 44.2 Å². The molecule has 0 bridgehead atoms. The van der Waals surface area contributed by atoms with E-state index in [-0.39, 0.29) is 24.1 Å².